The normalized spacial score (nSPS) is 10.6. The number of para-hydroxylation sites is 2. The molecule has 3 nitrogen and oxygen atoms in total. The smallest absolute Gasteiger partial charge is 0.347 e. The van der Waals surface area contributed by atoms with Crippen LogP contribution in [0.15, 0.2) is 54.6 Å². The van der Waals surface area contributed by atoms with Gasteiger partial charge in [0.15, 0.2) is 0 Å². The minimum atomic E-state index is -0.384. The van der Waals surface area contributed by atoms with Crippen molar-refractivity contribution in [3.8, 4) is 11.5 Å². The van der Waals surface area contributed by atoms with E-state index < -0.39 is 0 Å². The maximum Gasteiger partial charge on any atom is 0.347 e. The Bertz CT molecular complexity index is 667. The lowest BCUT2D eigenvalue weighted by Crippen LogP contribution is -2.11. The number of unbranched alkanes of at least 4 members (excludes halogenated alkanes) is 9. The lowest BCUT2D eigenvalue weighted by Gasteiger charge is -2.11. The van der Waals surface area contributed by atoms with Crippen LogP contribution in [0.2, 0.25) is 0 Å². The number of hydrogen-bond donors (Lipinski definition) is 0. The van der Waals surface area contributed by atoms with Crippen LogP contribution in [0.4, 0.5) is 0 Å². The zero-order valence-electron chi connectivity index (χ0n) is 17.2. The molecular formula is C25H34O3. The number of rotatable bonds is 14. The molecule has 0 aromatic heterocycles. The fraction of sp³-hybridized carbons (Fsp3) is 0.480. The molecule has 2 rings (SSSR count). The molecule has 0 amide bonds. The van der Waals surface area contributed by atoms with Gasteiger partial charge < -0.3 is 9.47 Å². The van der Waals surface area contributed by atoms with Crippen LogP contribution >= 0.6 is 0 Å². The van der Waals surface area contributed by atoms with Gasteiger partial charge in [-0.2, -0.15) is 0 Å². The van der Waals surface area contributed by atoms with E-state index in [0.29, 0.717) is 23.7 Å². The Labute approximate surface area is 170 Å². The Morgan fingerprint density at radius 1 is 0.714 bits per heavy atom. The zero-order chi connectivity index (χ0) is 19.9. The molecule has 28 heavy (non-hydrogen) atoms. The number of hydrogen-bond acceptors (Lipinski definition) is 3. The molecule has 0 aliphatic carbocycles. The Morgan fingerprint density at radius 3 is 1.96 bits per heavy atom. The first-order chi connectivity index (χ1) is 13.8. The topological polar surface area (TPSA) is 35.5 Å². The Morgan fingerprint density at radius 2 is 1.29 bits per heavy atom. The molecule has 152 valence electrons. The summed E-state index contributed by atoms with van der Waals surface area (Å²) in [4.78, 5) is 12.4. The summed E-state index contributed by atoms with van der Waals surface area (Å²) in [6.07, 6.45) is 12.9. The molecular weight excluding hydrogens is 348 g/mol. The van der Waals surface area contributed by atoms with Crippen molar-refractivity contribution in [1.82, 2.24) is 0 Å². The minimum absolute atomic E-state index is 0.384. The highest BCUT2D eigenvalue weighted by Crippen LogP contribution is 2.21. The van der Waals surface area contributed by atoms with Crippen molar-refractivity contribution in [3.05, 3.63) is 60.2 Å². The van der Waals surface area contributed by atoms with E-state index in [2.05, 4.69) is 6.92 Å². The fourth-order valence-corrected chi connectivity index (χ4v) is 3.18. The van der Waals surface area contributed by atoms with Gasteiger partial charge in [0.05, 0.1) is 6.61 Å². The third-order valence-corrected chi connectivity index (χ3v) is 4.82. The van der Waals surface area contributed by atoms with Gasteiger partial charge in [0.25, 0.3) is 0 Å². The van der Waals surface area contributed by atoms with Crippen molar-refractivity contribution in [3.63, 3.8) is 0 Å². The van der Waals surface area contributed by atoms with Crippen molar-refractivity contribution in [2.75, 3.05) is 6.61 Å². The summed E-state index contributed by atoms with van der Waals surface area (Å²) in [7, 11) is 0. The Hall–Kier alpha value is -2.29. The molecule has 0 radical (unpaired) electrons. The van der Waals surface area contributed by atoms with Crippen molar-refractivity contribution in [2.45, 2.75) is 71.1 Å². The summed E-state index contributed by atoms with van der Waals surface area (Å²) in [6.45, 7) is 2.89. The number of ether oxygens (including phenoxy) is 2. The lowest BCUT2D eigenvalue weighted by atomic mass is 10.1. The molecule has 0 aliphatic heterocycles. The maximum absolute atomic E-state index is 12.4. The lowest BCUT2D eigenvalue weighted by molar-refractivity contribution is 0.0730. The van der Waals surface area contributed by atoms with Crippen LogP contribution in [0, 0.1) is 0 Å². The average Bonchev–Trinajstić information content (AvgIpc) is 2.73. The van der Waals surface area contributed by atoms with Crippen LogP contribution in [-0.2, 0) is 0 Å². The van der Waals surface area contributed by atoms with E-state index in [1.807, 2.05) is 36.4 Å². The number of esters is 1. The number of carbonyl (C=O) groups is 1. The average molecular weight is 383 g/mol. The first kappa shape index (κ1) is 22.0. The molecule has 2 aromatic rings. The van der Waals surface area contributed by atoms with Crippen LogP contribution in [0.25, 0.3) is 0 Å². The second-order valence-electron chi connectivity index (χ2n) is 7.23. The number of carbonyl (C=O) groups excluding carboxylic acids is 1. The predicted octanol–water partition coefficient (Wildman–Crippen LogP) is 7.21. The first-order valence-corrected chi connectivity index (χ1v) is 10.8. The van der Waals surface area contributed by atoms with E-state index in [4.69, 9.17) is 9.47 Å². The van der Waals surface area contributed by atoms with Crippen LogP contribution in [0.3, 0.4) is 0 Å². The van der Waals surface area contributed by atoms with Gasteiger partial charge in [0.2, 0.25) is 0 Å². The van der Waals surface area contributed by atoms with Crippen molar-refractivity contribution in [1.29, 1.82) is 0 Å². The number of benzene rings is 2. The van der Waals surface area contributed by atoms with E-state index in [1.165, 1.54) is 57.8 Å². The van der Waals surface area contributed by atoms with Gasteiger partial charge in [0, 0.05) is 0 Å². The third kappa shape index (κ3) is 8.60. The molecule has 0 fully saturated rings. The summed E-state index contributed by atoms with van der Waals surface area (Å²) >= 11 is 0. The quantitative estimate of drug-likeness (QED) is 0.197. The van der Waals surface area contributed by atoms with Gasteiger partial charge in [-0.1, -0.05) is 95.0 Å². The van der Waals surface area contributed by atoms with Gasteiger partial charge in [-0.25, -0.2) is 4.79 Å². The van der Waals surface area contributed by atoms with Gasteiger partial charge in [-0.3, -0.25) is 0 Å². The van der Waals surface area contributed by atoms with Gasteiger partial charge >= 0.3 is 5.97 Å². The summed E-state index contributed by atoms with van der Waals surface area (Å²) in [5.41, 5.74) is 0.471. The second-order valence-corrected chi connectivity index (χ2v) is 7.23. The van der Waals surface area contributed by atoms with Gasteiger partial charge in [-0.05, 0) is 30.7 Å². The zero-order valence-corrected chi connectivity index (χ0v) is 17.2. The molecule has 0 saturated carbocycles. The molecule has 0 heterocycles. The van der Waals surface area contributed by atoms with Crippen molar-refractivity contribution < 1.29 is 14.3 Å². The largest absolute Gasteiger partial charge is 0.493 e. The summed E-state index contributed by atoms with van der Waals surface area (Å²) in [5.74, 6) is 0.751. The van der Waals surface area contributed by atoms with Crippen LogP contribution in [0.1, 0.15) is 81.5 Å². The highest BCUT2D eigenvalue weighted by molar-refractivity contribution is 5.93. The Kier molecular flexibility index (Phi) is 10.9. The van der Waals surface area contributed by atoms with E-state index in [-0.39, 0.29) is 5.97 Å². The first-order valence-electron chi connectivity index (χ1n) is 10.8. The molecule has 0 aliphatic rings. The fourth-order valence-electron chi connectivity index (χ4n) is 3.18. The summed E-state index contributed by atoms with van der Waals surface area (Å²) < 4.78 is 11.3. The van der Waals surface area contributed by atoms with Crippen molar-refractivity contribution in [2.24, 2.45) is 0 Å². The van der Waals surface area contributed by atoms with Crippen LogP contribution < -0.4 is 9.47 Å². The van der Waals surface area contributed by atoms with E-state index in [1.54, 1.807) is 18.2 Å². The minimum Gasteiger partial charge on any atom is -0.493 e. The van der Waals surface area contributed by atoms with E-state index >= 15 is 0 Å². The van der Waals surface area contributed by atoms with Crippen molar-refractivity contribution >= 4 is 5.97 Å². The second kappa shape index (κ2) is 13.8. The van der Waals surface area contributed by atoms with Gasteiger partial charge in [-0.15, -0.1) is 0 Å². The standard InChI is InChI=1S/C25H34O3/c1-2-3-4-5-6-7-8-9-10-16-21-27-24-20-15-14-19-23(24)25(26)28-22-17-12-11-13-18-22/h11-15,17-20H,2-10,16,21H2,1H3. The van der Waals surface area contributed by atoms with Crippen LogP contribution in [-0.4, -0.2) is 12.6 Å². The molecule has 0 unspecified atom stereocenters. The highest BCUT2D eigenvalue weighted by atomic mass is 16.5. The molecule has 0 bridgehead atoms. The molecule has 0 atom stereocenters. The summed E-state index contributed by atoms with van der Waals surface area (Å²) in [5, 5.41) is 0. The summed E-state index contributed by atoms with van der Waals surface area (Å²) in [6, 6.07) is 16.4. The molecule has 0 N–H and O–H groups in total. The van der Waals surface area contributed by atoms with E-state index in [9.17, 15) is 4.79 Å². The predicted molar refractivity (Wildman–Crippen MR) is 115 cm³/mol. The SMILES string of the molecule is CCCCCCCCCCCCOc1ccccc1C(=O)Oc1ccccc1. The monoisotopic (exact) mass is 382 g/mol. The third-order valence-electron chi connectivity index (χ3n) is 4.82. The Balaban J connectivity index is 1.64. The molecule has 0 saturated heterocycles. The maximum atomic E-state index is 12.4. The molecule has 0 spiro atoms. The molecule has 3 heteroatoms. The van der Waals surface area contributed by atoms with Gasteiger partial charge in [0.1, 0.15) is 17.1 Å². The highest BCUT2D eigenvalue weighted by Gasteiger charge is 2.14. The molecule has 2 aromatic carbocycles. The van der Waals surface area contributed by atoms with Crippen LogP contribution in [0.5, 0.6) is 11.5 Å². The van der Waals surface area contributed by atoms with E-state index in [0.717, 1.165) is 6.42 Å².